The Morgan fingerprint density at radius 1 is 1.19 bits per heavy atom. The summed E-state index contributed by atoms with van der Waals surface area (Å²) in [4.78, 5) is 13.8. The number of anilines is 1. The number of piperidine rings is 1. The molecule has 1 aliphatic heterocycles. The lowest BCUT2D eigenvalue weighted by Crippen LogP contribution is -3.20. The molecule has 1 amide bonds. The van der Waals surface area contributed by atoms with Crippen LogP contribution >= 0.6 is 0 Å². The van der Waals surface area contributed by atoms with Gasteiger partial charge in [-0.25, -0.2) is 0 Å². The van der Waals surface area contributed by atoms with Gasteiger partial charge in [0.25, 0.3) is 5.91 Å². The molecule has 4 heteroatoms. The molecule has 1 aromatic rings. The number of benzene rings is 1. The third kappa shape index (κ3) is 4.45. The van der Waals surface area contributed by atoms with Gasteiger partial charge in [0.2, 0.25) is 0 Å². The number of quaternary nitrogens is 1. The molecule has 0 spiro atoms. The normalized spacial score (nSPS) is 25.0. The van der Waals surface area contributed by atoms with E-state index in [1.165, 1.54) is 24.2 Å². The highest BCUT2D eigenvalue weighted by Crippen LogP contribution is 2.19. The molecule has 0 saturated carbocycles. The number of likely N-dealkylation sites (tertiary alicyclic amines) is 1. The summed E-state index contributed by atoms with van der Waals surface area (Å²) in [6.07, 6.45) is 3.76. The summed E-state index contributed by atoms with van der Waals surface area (Å²) in [6, 6.07) is 7.29. The Morgan fingerprint density at radius 2 is 1.71 bits per heavy atom. The SMILES string of the molecule is Cc1cccc(C)c1NC(=O)C[NH+]1C(C)CCCC1C.[Cl-]. The van der Waals surface area contributed by atoms with Crippen LogP contribution < -0.4 is 22.6 Å². The number of amides is 1. The molecule has 1 saturated heterocycles. The van der Waals surface area contributed by atoms with E-state index in [0.29, 0.717) is 18.6 Å². The van der Waals surface area contributed by atoms with Crippen LogP contribution in [-0.2, 0) is 4.79 Å². The van der Waals surface area contributed by atoms with E-state index in [2.05, 4.69) is 19.2 Å². The molecule has 0 radical (unpaired) electrons. The van der Waals surface area contributed by atoms with Crippen molar-refractivity contribution in [2.75, 3.05) is 11.9 Å². The number of nitrogens with one attached hydrogen (secondary N) is 2. The Labute approximate surface area is 134 Å². The van der Waals surface area contributed by atoms with Gasteiger partial charge in [-0.15, -0.1) is 0 Å². The highest BCUT2D eigenvalue weighted by molar-refractivity contribution is 5.93. The van der Waals surface area contributed by atoms with Gasteiger partial charge >= 0.3 is 0 Å². The van der Waals surface area contributed by atoms with E-state index in [9.17, 15) is 4.79 Å². The van der Waals surface area contributed by atoms with E-state index in [1.54, 1.807) is 0 Å². The summed E-state index contributed by atoms with van der Waals surface area (Å²) >= 11 is 0. The van der Waals surface area contributed by atoms with Crippen LogP contribution in [0.2, 0.25) is 0 Å². The van der Waals surface area contributed by atoms with Gasteiger partial charge < -0.3 is 22.6 Å². The summed E-state index contributed by atoms with van der Waals surface area (Å²) in [5, 5.41) is 3.11. The van der Waals surface area contributed by atoms with Crippen molar-refractivity contribution in [3.63, 3.8) is 0 Å². The third-order valence-corrected chi connectivity index (χ3v) is 4.65. The summed E-state index contributed by atoms with van der Waals surface area (Å²) in [5.74, 6) is 0.137. The Kier molecular flexibility index (Phi) is 6.69. The Hall–Kier alpha value is -1.06. The maximum Gasteiger partial charge on any atom is 0.279 e. The molecule has 118 valence electrons. The Morgan fingerprint density at radius 3 is 2.24 bits per heavy atom. The smallest absolute Gasteiger partial charge is 0.279 e. The lowest BCUT2D eigenvalue weighted by atomic mass is 9.97. The van der Waals surface area contributed by atoms with Crippen molar-refractivity contribution in [1.82, 2.24) is 0 Å². The zero-order chi connectivity index (χ0) is 14.7. The largest absolute Gasteiger partial charge is 1.00 e. The molecule has 1 aromatic carbocycles. The summed E-state index contributed by atoms with van der Waals surface area (Å²) in [5.41, 5.74) is 3.25. The quantitative estimate of drug-likeness (QED) is 0.745. The molecule has 1 aliphatic rings. The van der Waals surface area contributed by atoms with Gasteiger partial charge in [-0.1, -0.05) is 18.2 Å². The predicted octanol–water partition coefficient (Wildman–Crippen LogP) is -0.908. The second kappa shape index (κ2) is 7.81. The molecular formula is C17H27ClN2O. The van der Waals surface area contributed by atoms with Crippen molar-refractivity contribution in [2.45, 2.75) is 59.0 Å². The minimum atomic E-state index is 0. The van der Waals surface area contributed by atoms with Gasteiger partial charge in [0, 0.05) is 5.69 Å². The van der Waals surface area contributed by atoms with Crippen LogP contribution in [0.5, 0.6) is 0 Å². The number of carbonyl (C=O) groups is 1. The molecule has 3 nitrogen and oxygen atoms in total. The second-order valence-electron chi connectivity index (χ2n) is 6.30. The summed E-state index contributed by atoms with van der Waals surface area (Å²) in [6.45, 7) is 9.19. The van der Waals surface area contributed by atoms with Crippen LogP contribution in [0.4, 0.5) is 5.69 Å². The fourth-order valence-electron chi connectivity index (χ4n) is 3.32. The van der Waals surface area contributed by atoms with E-state index in [-0.39, 0.29) is 18.3 Å². The highest BCUT2D eigenvalue weighted by atomic mass is 35.5. The molecule has 2 N–H and O–H groups in total. The van der Waals surface area contributed by atoms with Gasteiger partial charge in [-0.2, -0.15) is 0 Å². The summed E-state index contributed by atoms with van der Waals surface area (Å²) in [7, 11) is 0. The first-order valence-electron chi connectivity index (χ1n) is 7.70. The van der Waals surface area contributed by atoms with E-state index in [0.717, 1.165) is 16.8 Å². The van der Waals surface area contributed by atoms with Crippen molar-refractivity contribution >= 4 is 11.6 Å². The molecular weight excluding hydrogens is 284 g/mol. The minimum Gasteiger partial charge on any atom is -1.00 e. The molecule has 0 aromatic heterocycles. The van der Waals surface area contributed by atoms with E-state index in [4.69, 9.17) is 0 Å². The predicted molar refractivity (Wildman–Crippen MR) is 83.2 cm³/mol. The maximum atomic E-state index is 12.3. The first-order valence-corrected chi connectivity index (χ1v) is 7.70. The second-order valence-corrected chi connectivity index (χ2v) is 6.30. The van der Waals surface area contributed by atoms with Gasteiger partial charge in [-0.3, -0.25) is 4.79 Å². The number of carbonyl (C=O) groups excluding carboxylic acids is 1. The van der Waals surface area contributed by atoms with Crippen LogP contribution in [0.3, 0.4) is 0 Å². The monoisotopic (exact) mass is 310 g/mol. The lowest BCUT2D eigenvalue weighted by Gasteiger charge is -2.35. The van der Waals surface area contributed by atoms with Gasteiger partial charge in [0.15, 0.2) is 6.54 Å². The van der Waals surface area contributed by atoms with Gasteiger partial charge in [0.1, 0.15) is 0 Å². The van der Waals surface area contributed by atoms with Crippen molar-refractivity contribution in [3.05, 3.63) is 29.3 Å². The number of hydrogen-bond acceptors (Lipinski definition) is 1. The minimum absolute atomic E-state index is 0. The van der Waals surface area contributed by atoms with Crippen molar-refractivity contribution in [3.8, 4) is 0 Å². The van der Waals surface area contributed by atoms with Gasteiger partial charge in [0.05, 0.1) is 12.1 Å². The standard InChI is InChI=1S/C17H26N2O.ClH/c1-12-7-5-8-13(2)17(12)18-16(20)11-19-14(3)9-6-10-15(19)4;/h5,7-8,14-15H,6,9-11H2,1-4H3,(H,18,20);1H. The number of para-hydroxylation sites is 1. The number of halogens is 1. The maximum absolute atomic E-state index is 12.3. The van der Waals surface area contributed by atoms with Crippen molar-refractivity contribution in [2.24, 2.45) is 0 Å². The zero-order valence-electron chi connectivity index (χ0n) is 13.5. The highest BCUT2D eigenvalue weighted by Gasteiger charge is 2.30. The van der Waals surface area contributed by atoms with Gasteiger partial charge in [-0.05, 0) is 58.1 Å². The van der Waals surface area contributed by atoms with Crippen LogP contribution in [0.1, 0.15) is 44.2 Å². The summed E-state index contributed by atoms with van der Waals surface area (Å²) < 4.78 is 0. The molecule has 2 atom stereocenters. The molecule has 1 heterocycles. The van der Waals surface area contributed by atoms with E-state index >= 15 is 0 Å². The molecule has 1 fully saturated rings. The van der Waals surface area contributed by atoms with Crippen LogP contribution in [-0.4, -0.2) is 24.5 Å². The first-order chi connectivity index (χ1) is 9.49. The number of aryl methyl sites for hydroxylation is 2. The van der Waals surface area contributed by atoms with Crippen molar-refractivity contribution < 1.29 is 22.1 Å². The lowest BCUT2D eigenvalue weighted by molar-refractivity contribution is -0.943. The fourth-order valence-corrected chi connectivity index (χ4v) is 3.32. The van der Waals surface area contributed by atoms with E-state index in [1.807, 2.05) is 32.0 Å². The Balaban J connectivity index is 0.00000220. The fraction of sp³-hybridized carbons (Fsp3) is 0.588. The zero-order valence-corrected chi connectivity index (χ0v) is 14.3. The van der Waals surface area contributed by atoms with Crippen LogP contribution in [0.25, 0.3) is 0 Å². The average Bonchev–Trinajstić information content (AvgIpc) is 2.39. The van der Waals surface area contributed by atoms with E-state index < -0.39 is 0 Å². The topological polar surface area (TPSA) is 33.5 Å². The molecule has 21 heavy (non-hydrogen) atoms. The number of hydrogen-bond donors (Lipinski definition) is 2. The first kappa shape index (κ1) is 18.0. The number of rotatable bonds is 3. The van der Waals surface area contributed by atoms with Crippen molar-refractivity contribution in [1.29, 1.82) is 0 Å². The molecule has 2 rings (SSSR count). The molecule has 0 bridgehead atoms. The molecule has 2 unspecified atom stereocenters. The molecule has 0 aliphatic carbocycles. The van der Waals surface area contributed by atoms with Crippen LogP contribution in [0.15, 0.2) is 18.2 Å². The Bertz CT molecular complexity index is 459. The third-order valence-electron chi connectivity index (χ3n) is 4.65. The average molecular weight is 311 g/mol. The van der Waals surface area contributed by atoms with Crippen LogP contribution in [0, 0.1) is 13.8 Å².